The number of thiazole rings is 1. The van der Waals surface area contributed by atoms with Crippen molar-refractivity contribution in [2.45, 2.75) is 52.6 Å². The van der Waals surface area contributed by atoms with Gasteiger partial charge in [0.1, 0.15) is 5.01 Å². The summed E-state index contributed by atoms with van der Waals surface area (Å²) in [7, 11) is 0. The average molecular weight is 465 g/mol. The van der Waals surface area contributed by atoms with Crippen molar-refractivity contribution < 1.29 is 0 Å². The van der Waals surface area contributed by atoms with E-state index in [1.54, 1.807) is 11.3 Å². The Balaban J connectivity index is 2.20. The van der Waals surface area contributed by atoms with Gasteiger partial charge in [-0.05, 0) is 37.0 Å². The van der Waals surface area contributed by atoms with Gasteiger partial charge in [-0.2, -0.15) is 4.41 Å². The van der Waals surface area contributed by atoms with Gasteiger partial charge in [0, 0.05) is 56.0 Å². The lowest BCUT2D eigenvalue weighted by atomic mass is 10.00. The van der Waals surface area contributed by atoms with E-state index < -0.39 is 0 Å². The molecule has 1 aliphatic heterocycles. The zero-order valence-corrected chi connectivity index (χ0v) is 21.4. The Labute approximate surface area is 197 Å². The first-order chi connectivity index (χ1) is 15.1. The van der Waals surface area contributed by atoms with E-state index in [1.807, 2.05) is 23.5 Å². The molecule has 1 aromatic rings. The number of nitrogens with zero attached hydrogens (tertiary/aromatic N) is 5. The second kappa shape index (κ2) is 14.1. The van der Waals surface area contributed by atoms with Crippen molar-refractivity contribution in [3.05, 3.63) is 40.0 Å². The Bertz CT molecular complexity index is 699. The summed E-state index contributed by atoms with van der Waals surface area (Å²) in [5.74, 6) is 0. The Morgan fingerprint density at radius 3 is 2.77 bits per heavy atom. The monoisotopic (exact) mass is 464 g/mol. The molecule has 0 saturated carbocycles. The highest BCUT2D eigenvalue weighted by atomic mass is 32.2. The molecule has 1 saturated heterocycles. The second-order valence-electron chi connectivity index (χ2n) is 7.78. The van der Waals surface area contributed by atoms with Crippen molar-refractivity contribution in [3.63, 3.8) is 0 Å². The molecule has 1 atom stereocenters. The number of hydrogen-bond donors (Lipinski definition) is 1. The number of rotatable bonds is 14. The van der Waals surface area contributed by atoms with Crippen molar-refractivity contribution in [3.8, 4) is 0 Å². The third kappa shape index (κ3) is 7.71. The van der Waals surface area contributed by atoms with Gasteiger partial charge < -0.3 is 5.32 Å². The molecule has 31 heavy (non-hydrogen) atoms. The summed E-state index contributed by atoms with van der Waals surface area (Å²) in [5.41, 5.74) is 3.60. The minimum atomic E-state index is 0.529. The molecule has 0 bridgehead atoms. The first-order valence-corrected chi connectivity index (χ1v) is 13.4. The molecule has 0 aromatic carbocycles. The van der Waals surface area contributed by atoms with Crippen LogP contribution in [0, 0.1) is 0 Å². The van der Waals surface area contributed by atoms with Crippen LogP contribution in [0.3, 0.4) is 0 Å². The highest BCUT2D eigenvalue weighted by Gasteiger charge is 2.30. The normalized spacial score (nSPS) is 18.8. The molecule has 6 nitrogen and oxygen atoms in total. The summed E-state index contributed by atoms with van der Waals surface area (Å²) in [6, 6.07) is 0.529. The van der Waals surface area contributed by atoms with Crippen molar-refractivity contribution in [1.29, 1.82) is 0 Å². The van der Waals surface area contributed by atoms with Gasteiger partial charge in [0.2, 0.25) is 0 Å². The first-order valence-electron chi connectivity index (χ1n) is 11.3. The van der Waals surface area contributed by atoms with Gasteiger partial charge in [-0.25, -0.2) is 9.99 Å². The van der Waals surface area contributed by atoms with Crippen LogP contribution in [-0.4, -0.2) is 77.6 Å². The Kier molecular flexibility index (Phi) is 11.8. The molecule has 1 unspecified atom stereocenters. The Morgan fingerprint density at radius 1 is 1.39 bits per heavy atom. The molecule has 1 N–H and O–H groups in total. The smallest absolute Gasteiger partial charge is 0.112 e. The maximum absolute atomic E-state index is 4.44. The third-order valence-corrected chi connectivity index (χ3v) is 7.37. The van der Waals surface area contributed by atoms with Crippen LogP contribution in [0.15, 0.2) is 40.0 Å². The maximum atomic E-state index is 4.44. The highest BCUT2D eigenvalue weighted by molar-refractivity contribution is 7.96. The number of piperazine rings is 1. The van der Waals surface area contributed by atoms with Gasteiger partial charge in [0.15, 0.2) is 0 Å². The van der Waals surface area contributed by atoms with Gasteiger partial charge in [0.05, 0.1) is 13.1 Å². The van der Waals surface area contributed by atoms with Crippen LogP contribution in [0.25, 0.3) is 0 Å². The fraction of sp³-hybridized carbons (Fsp3) is 0.652. The van der Waals surface area contributed by atoms with Crippen LogP contribution in [-0.2, 0) is 6.54 Å². The molecule has 1 fully saturated rings. The largest absolute Gasteiger partial charge is 0.380 e. The highest BCUT2D eigenvalue weighted by Crippen LogP contribution is 2.23. The average Bonchev–Trinajstić information content (AvgIpc) is 3.30. The lowest BCUT2D eigenvalue weighted by molar-refractivity contribution is -0.0298. The SMILES string of the molecule is C=NC/C(C(=C)CCC)=C(/CN1CCN(N(CC)SC)C(CC)C1)NCc1nccs1. The van der Waals surface area contributed by atoms with Crippen molar-refractivity contribution in [2.24, 2.45) is 4.99 Å². The Morgan fingerprint density at radius 2 is 2.19 bits per heavy atom. The lowest BCUT2D eigenvalue weighted by Crippen LogP contribution is -2.57. The zero-order valence-electron chi connectivity index (χ0n) is 19.8. The molecular weight excluding hydrogens is 424 g/mol. The number of hydrazine groups is 1. The maximum Gasteiger partial charge on any atom is 0.112 e. The van der Waals surface area contributed by atoms with Crippen LogP contribution in [0.5, 0.6) is 0 Å². The number of aliphatic imine (C=N–C) groups is 1. The molecule has 0 radical (unpaired) electrons. The van der Waals surface area contributed by atoms with Gasteiger partial charge >= 0.3 is 0 Å². The molecule has 0 aliphatic carbocycles. The number of aromatic nitrogens is 1. The number of nitrogens with one attached hydrogen (secondary N) is 1. The molecule has 174 valence electrons. The third-order valence-electron chi connectivity index (χ3n) is 5.71. The summed E-state index contributed by atoms with van der Waals surface area (Å²) >= 11 is 3.51. The fourth-order valence-corrected chi connectivity index (χ4v) is 5.33. The molecule has 1 aromatic heterocycles. The molecule has 0 spiro atoms. The van der Waals surface area contributed by atoms with Gasteiger partial charge in [-0.1, -0.05) is 45.7 Å². The van der Waals surface area contributed by atoms with E-state index in [0.717, 1.165) is 63.5 Å². The Hall–Kier alpha value is -1.19. The predicted molar refractivity (Wildman–Crippen MR) is 138 cm³/mol. The van der Waals surface area contributed by atoms with Crippen molar-refractivity contribution in [2.75, 3.05) is 45.5 Å². The minimum Gasteiger partial charge on any atom is -0.380 e. The minimum absolute atomic E-state index is 0.529. The van der Waals surface area contributed by atoms with Crippen molar-refractivity contribution in [1.82, 2.24) is 24.6 Å². The zero-order chi connectivity index (χ0) is 22.6. The van der Waals surface area contributed by atoms with E-state index in [-0.39, 0.29) is 0 Å². The van der Waals surface area contributed by atoms with Crippen LogP contribution in [0.4, 0.5) is 0 Å². The van der Waals surface area contributed by atoms with Crippen LogP contribution in [0.2, 0.25) is 0 Å². The van der Waals surface area contributed by atoms with Crippen LogP contribution < -0.4 is 5.32 Å². The van der Waals surface area contributed by atoms with E-state index in [2.05, 4.69) is 69.9 Å². The molecule has 2 heterocycles. The van der Waals surface area contributed by atoms with Gasteiger partial charge in [-0.3, -0.25) is 9.89 Å². The second-order valence-corrected chi connectivity index (χ2v) is 9.55. The van der Waals surface area contributed by atoms with Gasteiger partial charge in [-0.15, -0.1) is 11.3 Å². The summed E-state index contributed by atoms with van der Waals surface area (Å²) in [4.78, 5) is 11.2. The quantitative estimate of drug-likeness (QED) is 0.249. The van der Waals surface area contributed by atoms with Gasteiger partial charge in [0.25, 0.3) is 0 Å². The molecule has 0 amide bonds. The van der Waals surface area contributed by atoms with E-state index >= 15 is 0 Å². The molecular formula is C23H40N6S2. The van der Waals surface area contributed by atoms with E-state index in [4.69, 9.17) is 0 Å². The molecule has 1 aliphatic rings. The molecule has 8 heteroatoms. The fourth-order valence-electron chi connectivity index (χ4n) is 4.09. The summed E-state index contributed by atoms with van der Waals surface area (Å²) in [6.07, 6.45) is 7.24. The van der Waals surface area contributed by atoms with E-state index in [0.29, 0.717) is 12.6 Å². The lowest BCUT2D eigenvalue weighted by Gasteiger charge is -2.45. The van der Waals surface area contributed by atoms with Crippen LogP contribution >= 0.6 is 23.3 Å². The topological polar surface area (TPSA) is 47.0 Å². The molecule has 2 rings (SSSR count). The summed E-state index contributed by atoms with van der Waals surface area (Å²) in [5, 5.41) is 9.37. The summed E-state index contributed by atoms with van der Waals surface area (Å²) in [6.45, 7) is 21.3. The van der Waals surface area contributed by atoms with E-state index in [9.17, 15) is 0 Å². The van der Waals surface area contributed by atoms with Crippen LogP contribution in [0.1, 0.15) is 45.0 Å². The summed E-state index contributed by atoms with van der Waals surface area (Å²) < 4.78 is 2.40. The standard InChI is InChI=1S/C23H40N6S2/c1-7-10-19(4)21(15-24-5)22(26-16-23-25-11-14-31-23)18-27-12-13-28(20(8-2)17-27)29(9-3)30-6/h11,14,20,26H,4-5,7-10,12-13,15-18H2,1-3,6H3/b22-21+. The number of hydrogen-bond acceptors (Lipinski definition) is 8. The van der Waals surface area contributed by atoms with E-state index in [1.165, 1.54) is 16.8 Å². The predicted octanol–water partition coefficient (Wildman–Crippen LogP) is 4.45. The first kappa shape index (κ1) is 26.1. The van der Waals surface area contributed by atoms with Crippen molar-refractivity contribution >= 4 is 30.0 Å².